The molecule has 29 heavy (non-hydrogen) atoms. The fraction of sp³-hybridized carbons (Fsp3) is 0.409. The van der Waals surface area contributed by atoms with Gasteiger partial charge in [0.15, 0.2) is 0 Å². The van der Waals surface area contributed by atoms with E-state index in [0.29, 0.717) is 24.2 Å². The number of aromatic nitrogens is 1. The molecule has 3 rings (SSSR count). The molecule has 2 aromatic rings. The maximum atomic E-state index is 12.7. The molecule has 2 amide bonds. The van der Waals surface area contributed by atoms with Crippen LogP contribution in [0, 0.1) is 0 Å². The average molecular weight is 396 g/mol. The molecule has 1 aromatic heterocycles. The van der Waals surface area contributed by atoms with Crippen LogP contribution in [-0.4, -0.2) is 68.1 Å². The first kappa shape index (κ1) is 21.0. The second-order valence-electron chi connectivity index (χ2n) is 7.27. The molecule has 1 unspecified atom stereocenters. The first-order chi connectivity index (χ1) is 14.0. The summed E-state index contributed by atoms with van der Waals surface area (Å²) in [5, 5.41) is 5.51. The fourth-order valence-electron chi connectivity index (χ4n) is 3.35. The van der Waals surface area contributed by atoms with Crippen molar-refractivity contribution >= 4 is 11.8 Å². The Morgan fingerprint density at radius 3 is 2.72 bits per heavy atom. The topological polar surface area (TPSA) is 83.6 Å². The minimum Gasteiger partial charge on any atom is -0.375 e. The molecule has 0 saturated carbocycles. The zero-order chi connectivity index (χ0) is 20.6. The molecule has 154 valence electrons. The van der Waals surface area contributed by atoms with Gasteiger partial charge in [-0.15, -0.1) is 0 Å². The van der Waals surface area contributed by atoms with Crippen molar-refractivity contribution in [3.63, 3.8) is 0 Å². The quantitative estimate of drug-likeness (QED) is 0.741. The predicted octanol–water partition coefficient (Wildman–Crippen LogP) is 1.48. The van der Waals surface area contributed by atoms with Crippen LogP contribution in [0.25, 0.3) is 0 Å². The highest BCUT2D eigenvalue weighted by Crippen LogP contribution is 2.12. The van der Waals surface area contributed by atoms with Crippen LogP contribution in [0.15, 0.2) is 42.5 Å². The van der Waals surface area contributed by atoms with Crippen LogP contribution in [0.4, 0.5) is 0 Å². The highest BCUT2D eigenvalue weighted by Gasteiger charge is 2.18. The van der Waals surface area contributed by atoms with Gasteiger partial charge in [0.1, 0.15) is 5.69 Å². The van der Waals surface area contributed by atoms with E-state index < -0.39 is 0 Å². The van der Waals surface area contributed by atoms with E-state index in [1.54, 1.807) is 13.1 Å². The van der Waals surface area contributed by atoms with Gasteiger partial charge in [-0.2, -0.15) is 0 Å². The van der Waals surface area contributed by atoms with Crippen molar-refractivity contribution < 1.29 is 14.3 Å². The van der Waals surface area contributed by atoms with Crippen LogP contribution in [0.1, 0.15) is 38.5 Å². The van der Waals surface area contributed by atoms with Gasteiger partial charge in [0.05, 0.1) is 12.7 Å². The number of rotatable bonds is 7. The number of likely N-dealkylation sites (N-methyl/N-ethyl adjacent to an activating group) is 1. The minimum atomic E-state index is -0.312. The number of carbonyl (C=O) groups is 2. The number of carbonyl (C=O) groups excluding carboxylic acids is 2. The molecule has 1 aromatic carbocycles. The number of amides is 2. The highest BCUT2D eigenvalue weighted by atomic mass is 16.5. The van der Waals surface area contributed by atoms with Gasteiger partial charge in [0, 0.05) is 44.4 Å². The molecule has 1 aliphatic rings. The van der Waals surface area contributed by atoms with Crippen molar-refractivity contribution in [3.05, 3.63) is 65.0 Å². The zero-order valence-corrected chi connectivity index (χ0v) is 17.0. The maximum absolute atomic E-state index is 12.7. The third-order valence-electron chi connectivity index (χ3n) is 4.92. The zero-order valence-electron chi connectivity index (χ0n) is 17.0. The number of benzene rings is 1. The molecule has 2 heterocycles. The van der Waals surface area contributed by atoms with Gasteiger partial charge < -0.3 is 20.3 Å². The van der Waals surface area contributed by atoms with Gasteiger partial charge >= 0.3 is 0 Å². The first-order valence-corrected chi connectivity index (χ1v) is 9.90. The third-order valence-corrected chi connectivity index (χ3v) is 4.92. The standard InChI is InChI=1S/C22H28N4O3/c1-23-22(28)20-14-17(13-18(25-20)12-16-6-4-3-5-7-16)21(27)24-9-8-19-15-26(2)10-11-29-19/h3-7,13-14,19H,8-12,15H2,1-2H3,(H,23,28)(H,24,27). The second-order valence-corrected chi connectivity index (χ2v) is 7.27. The van der Waals surface area contributed by atoms with Crippen molar-refractivity contribution in [2.45, 2.75) is 18.9 Å². The Bertz CT molecular complexity index is 841. The molecule has 1 fully saturated rings. The van der Waals surface area contributed by atoms with Crippen molar-refractivity contribution in [2.75, 3.05) is 40.3 Å². The molecule has 0 spiro atoms. The molecule has 7 nitrogen and oxygen atoms in total. The van der Waals surface area contributed by atoms with Gasteiger partial charge in [-0.05, 0) is 31.2 Å². The molecule has 7 heteroatoms. The summed E-state index contributed by atoms with van der Waals surface area (Å²) in [5.74, 6) is -0.524. The maximum Gasteiger partial charge on any atom is 0.269 e. The van der Waals surface area contributed by atoms with Gasteiger partial charge in [-0.25, -0.2) is 4.98 Å². The molecular formula is C22H28N4O3. The smallest absolute Gasteiger partial charge is 0.269 e. The SMILES string of the molecule is CNC(=O)c1cc(C(=O)NCCC2CN(C)CCO2)cc(Cc2ccccc2)n1. The number of hydrogen-bond acceptors (Lipinski definition) is 5. The van der Waals surface area contributed by atoms with Crippen LogP contribution in [0.3, 0.4) is 0 Å². The average Bonchev–Trinajstić information content (AvgIpc) is 2.73. The third kappa shape index (κ3) is 6.10. The Balaban J connectivity index is 1.68. The Morgan fingerprint density at radius 2 is 2.00 bits per heavy atom. The van der Waals surface area contributed by atoms with Gasteiger partial charge in [-0.3, -0.25) is 9.59 Å². The number of ether oxygens (including phenoxy) is 1. The Hall–Kier alpha value is -2.77. The Kier molecular flexibility index (Phi) is 7.32. The normalized spacial score (nSPS) is 17.0. The van der Waals surface area contributed by atoms with Crippen LogP contribution >= 0.6 is 0 Å². The van der Waals surface area contributed by atoms with E-state index in [4.69, 9.17) is 4.74 Å². The van der Waals surface area contributed by atoms with Crippen LogP contribution in [0.2, 0.25) is 0 Å². The monoisotopic (exact) mass is 396 g/mol. The summed E-state index contributed by atoms with van der Waals surface area (Å²) in [6.45, 7) is 3.04. The lowest BCUT2D eigenvalue weighted by atomic mass is 10.1. The molecule has 1 aliphatic heterocycles. The van der Waals surface area contributed by atoms with E-state index in [1.165, 1.54) is 6.07 Å². The summed E-state index contributed by atoms with van der Waals surface area (Å²) in [6, 6.07) is 13.1. The Labute approximate surface area is 171 Å². The molecule has 0 aliphatic carbocycles. The van der Waals surface area contributed by atoms with Crippen LogP contribution in [-0.2, 0) is 11.2 Å². The van der Waals surface area contributed by atoms with E-state index in [0.717, 1.165) is 31.7 Å². The van der Waals surface area contributed by atoms with Crippen molar-refractivity contribution in [1.29, 1.82) is 0 Å². The molecule has 2 N–H and O–H groups in total. The predicted molar refractivity (Wildman–Crippen MR) is 111 cm³/mol. The van der Waals surface area contributed by atoms with Crippen LogP contribution < -0.4 is 10.6 Å². The van der Waals surface area contributed by atoms with Crippen molar-refractivity contribution in [3.8, 4) is 0 Å². The lowest BCUT2D eigenvalue weighted by Gasteiger charge is -2.30. The van der Waals surface area contributed by atoms with E-state index in [9.17, 15) is 9.59 Å². The lowest BCUT2D eigenvalue weighted by molar-refractivity contribution is -0.0226. The van der Waals surface area contributed by atoms with Gasteiger partial charge in [-0.1, -0.05) is 30.3 Å². The lowest BCUT2D eigenvalue weighted by Crippen LogP contribution is -2.41. The summed E-state index contributed by atoms with van der Waals surface area (Å²) in [4.78, 5) is 31.5. The van der Waals surface area contributed by atoms with Crippen LogP contribution in [0.5, 0.6) is 0 Å². The van der Waals surface area contributed by atoms with Gasteiger partial charge in [0.25, 0.3) is 11.8 Å². The number of nitrogens with zero attached hydrogens (tertiary/aromatic N) is 2. The molecule has 1 saturated heterocycles. The fourth-order valence-corrected chi connectivity index (χ4v) is 3.35. The van der Waals surface area contributed by atoms with E-state index >= 15 is 0 Å². The number of morpholine rings is 1. The van der Waals surface area contributed by atoms with E-state index in [-0.39, 0.29) is 23.6 Å². The summed E-state index contributed by atoms with van der Waals surface area (Å²) >= 11 is 0. The first-order valence-electron chi connectivity index (χ1n) is 9.90. The summed E-state index contributed by atoms with van der Waals surface area (Å²) < 4.78 is 5.73. The van der Waals surface area contributed by atoms with E-state index in [2.05, 4.69) is 27.6 Å². The molecule has 0 bridgehead atoms. The Morgan fingerprint density at radius 1 is 1.21 bits per heavy atom. The molecule has 0 radical (unpaired) electrons. The summed E-state index contributed by atoms with van der Waals surface area (Å²) in [6.07, 6.45) is 1.43. The molecule has 1 atom stereocenters. The van der Waals surface area contributed by atoms with Gasteiger partial charge in [0.2, 0.25) is 0 Å². The molecular weight excluding hydrogens is 368 g/mol. The number of hydrogen-bond donors (Lipinski definition) is 2. The minimum absolute atomic E-state index is 0.126. The van der Waals surface area contributed by atoms with Crippen molar-refractivity contribution in [1.82, 2.24) is 20.5 Å². The second kappa shape index (κ2) is 10.1. The van der Waals surface area contributed by atoms with Crippen molar-refractivity contribution in [2.24, 2.45) is 0 Å². The number of nitrogens with one attached hydrogen (secondary N) is 2. The largest absolute Gasteiger partial charge is 0.375 e. The van der Waals surface area contributed by atoms with E-state index in [1.807, 2.05) is 30.3 Å². The summed E-state index contributed by atoms with van der Waals surface area (Å²) in [5.41, 5.74) is 2.42. The number of pyridine rings is 1. The summed E-state index contributed by atoms with van der Waals surface area (Å²) in [7, 11) is 3.62. The highest BCUT2D eigenvalue weighted by molar-refractivity contribution is 5.98.